The minimum Gasteiger partial charge on any atom is -0.349 e. The van der Waals surface area contributed by atoms with Crippen molar-refractivity contribution in [2.75, 3.05) is 0 Å². The third-order valence-corrected chi connectivity index (χ3v) is 3.68. The zero-order valence-electron chi connectivity index (χ0n) is 11.7. The van der Waals surface area contributed by atoms with Gasteiger partial charge in [0, 0.05) is 24.0 Å². The predicted octanol–water partition coefficient (Wildman–Crippen LogP) is 0.761. The fourth-order valence-electron chi connectivity index (χ4n) is 2.53. The molecule has 6 heteroatoms. The van der Waals surface area contributed by atoms with Crippen molar-refractivity contribution >= 4 is 5.91 Å². The third-order valence-electron chi connectivity index (χ3n) is 3.68. The highest BCUT2D eigenvalue weighted by molar-refractivity contribution is 5.94. The maximum atomic E-state index is 12.2. The molecule has 2 aromatic heterocycles. The summed E-state index contributed by atoms with van der Waals surface area (Å²) in [5.74, 6) is -0.131. The van der Waals surface area contributed by atoms with Crippen molar-refractivity contribution in [3.05, 3.63) is 57.3 Å². The summed E-state index contributed by atoms with van der Waals surface area (Å²) in [6.45, 7) is 1.88. The summed E-state index contributed by atoms with van der Waals surface area (Å²) in [5.41, 5.74) is 3.05. The molecule has 3 rings (SSSR count). The van der Waals surface area contributed by atoms with Crippen molar-refractivity contribution in [2.24, 2.45) is 0 Å². The van der Waals surface area contributed by atoms with E-state index in [0.717, 1.165) is 29.8 Å². The van der Waals surface area contributed by atoms with Gasteiger partial charge in [-0.05, 0) is 43.9 Å². The second kappa shape index (κ2) is 5.47. The number of carbonyl (C=O) groups excluding carboxylic acids is 1. The molecule has 2 heterocycles. The quantitative estimate of drug-likeness (QED) is 0.852. The topological polar surface area (TPSA) is 87.7 Å². The lowest BCUT2D eigenvalue weighted by atomic mass is 9.92. The average molecular weight is 284 g/mol. The van der Waals surface area contributed by atoms with Crippen LogP contribution in [0, 0.1) is 6.92 Å². The minimum absolute atomic E-state index is 0.0231. The first-order chi connectivity index (χ1) is 10.1. The van der Waals surface area contributed by atoms with Gasteiger partial charge in [-0.15, -0.1) is 0 Å². The van der Waals surface area contributed by atoms with Crippen molar-refractivity contribution in [1.29, 1.82) is 0 Å². The fourth-order valence-corrected chi connectivity index (χ4v) is 2.53. The van der Waals surface area contributed by atoms with Crippen molar-refractivity contribution in [1.82, 2.24) is 20.5 Å². The molecule has 6 nitrogen and oxygen atoms in total. The number of aromatic nitrogens is 3. The molecule has 1 aliphatic carbocycles. The molecule has 0 aliphatic heterocycles. The van der Waals surface area contributed by atoms with Crippen LogP contribution in [-0.4, -0.2) is 27.1 Å². The van der Waals surface area contributed by atoms with Crippen LogP contribution in [0.2, 0.25) is 0 Å². The zero-order chi connectivity index (χ0) is 14.8. The third kappa shape index (κ3) is 2.99. The Morgan fingerprint density at radius 3 is 3.05 bits per heavy atom. The number of carbonyl (C=O) groups is 1. The molecule has 1 unspecified atom stereocenters. The molecule has 0 saturated heterocycles. The van der Waals surface area contributed by atoms with E-state index in [2.05, 4.69) is 20.5 Å². The molecule has 0 radical (unpaired) electrons. The number of rotatable bonds is 2. The van der Waals surface area contributed by atoms with E-state index in [0.29, 0.717) is 12.0 Å². The molecule has 0 aromatic carbocycles. The smallest absolute Gasteiger partial charge is 0.264 e. The Balaban J connectivity index is 1.70. The molecule has 0 fully saturated rings. The normalized spacial score (nSPS) is 17.1. The average Bonchev–Trinajstić information content (AvgIpc) is 2.47. The highest BCUT2D eigenvalue weighted by Gasteiger charge is 2.22. The zero-order valence-corrected chi connectivity index (χ0v) is 11.7. The standard InChI is InChI=1S/C15H16N4O2/c1-9-2-3-10(8-16-9)15(21)17-12-4-5-13-11(6-12)7-14(20)19-18-13/h2-3,7-8,12H,4-6H2,1H3,(H,17,21)(H,19,20). The molecule has 1 amide bonds. The van der Waals surface area contributed by atoms with E-state index in [-0.39, 0.29) is 17.5 Å². The highest BCUT2D eigenvalue weighted by atomic mass is 16.1. The lowest BCUT2D eigenvalue weighted by Crippen LogP contribution is -2.39. The maximum Gasteiger partial charge on any atom is 0.264 e. The molecular weight excluding hydrogens is 268 g/mol. The number of amides is 1. The first-order valence-corrected chi connectivity index (χ1v) is 6.93. The highest BCUT2D eigenvalue weighted by Crippen LogP contribution is 2.17. The van der Waals surface area contributed by atoms with Crippen LogP contribution in [0.15, 0.2) is 29.2 Å². The summed E-state index contributed by atoms with van der Waals surface area (Å²) in [5, 5.41) is 9.48. The van der Waals surface area contributed by atoms with E-state index in [4.69, 9.17) is 0 Å². The monoisotopic (exact) mass is 284 g/mol. The Kier molecular flexibility index (Phi) is 3.51. The number of aryl methyl sites for hydroxylation is 2. The van der Waals surface area contributed by atoms with Crippen molar-refractivity contribution in [3.63, 3.8) is 0 Å². The summed E-state index contributed by atoms with van der Waals surface area (Å²) in [6.07, 6.45) is 3.78. The largest absolute Gasteiger partial charge is 0.349 e. The van der Waals surface area contributed by atoms with Crippen LogP contribution in [-0.2, 0) is 12.8 Å². The number of pyridine rings is 1. The van der Waals surface area contributed by atoms with E-state index >= 15 is 0 Å². The first kappa shape index (κ1) is 13.5. The molecule has 1 atom stereocenters. The Bertz CT molecular complexity index is 721. The van der Waals surface area contributed by atoms with Gasteiger partial charge in [0.1, 0.15) is 0 Å². The Labute approximate surface area is 121 Å². The van der Waals surface area contributed by atoms with Gasteiger partial charge in [-0.1, -0.05) is 0 Å². The summed E-state index contributed by atoms with van der Waals surface area (Å²) in [7, 11) is 0. The fraction of sp³-hybridized carbons (Fsp3) is 0.333. The van der Waals surface area contributed by atoms with Gasteiger partial charge in [0.05, 0.1) is 11.3 Å². The summed E-state index contributed by atoms with van der Waals surface area (Å²) >= 11 is 0. The van der Waals surface area contributed by atoms with Crippen molar-refractivity contribution in [3.8, 4) is 0 Å². The van der Waals surface area contributed by atoms with Crippen LogP contribution in [0.3, 0.4) is 0 Å². The van der Waals surface area contributed by atoms with Crippen LogP contribution in [0.5, 0.6) is 0 Å². The number of hydrogen-bond acceptors (Lipinski definition) is 4. The van der Waals surface area contributed by atoms with E-state index < -0.39 is 0 Å². The predicted molar refractivity (Wildman–Crippen MR) is 77.1 cm³/mol. The van der Waals surface area contributed by atoms with E-state index in [1.807, 2.05) is 13.0 Å². The van der Waals surface area contributed by atoms with Gasteiger partial charge in [0.2, 0.25) is 0 Å². The van der Waals surface area contributed by atoms with Crippen LogP contribution in [0.4, 0.5) is 0 Å². The SMILES string of the molecule is Cc1ccc(C(=O)NC2CCc3n[nH]c(=O)cc3C2)cn1. The van der Waals surface area contributed by atoms with Gasteiger partial charge in [0.15, 0.2) is 0 Å². The number of fused-ring (bicyclic) bond motifs is 1. The molecule has 0 bridgehead atoms. The van der Waals surface area contributed by atoms with Gasteiger partial charge in [-0.3, -0.25) is 14.6 Å². The van der Waals surface area contributed by atoms with Crippen LogP contribution < -0.4 is 10.9 Å². The Hall–Kier alpha value is -2.50. The Morgan fingerprint density at radius 1 is 1.43 bits per heavy atom. The lowest BCUT2D eigenvalue weighted by Gasteiger charge is -2.24. The Morgan fingerprint density at radius 2 is 2.29 bits per heavy atom. The molecule has 0 saturated carbocycles. The van der Waals surface area contributed by atoms with Crippen LogP contribution in [0.1, 0.15) is 33.7 Å². The molecule has 0 spiro atoms. The number of nitrogens with one attached hydrogen (secondary N) is 2. The van der Waals surface area contributed by atoms with Crippen molar-refractivity contribution in [2.45, 2.75) is 32.2 Å². The first-order valence-electron chi connectivity index (χ1n) is 6.93. The lowest BCUT2D eigenvalue weighted by molar-refractivity contribution is 0.0933. The molecule has 1 aliphatic rings. The maximum absolute atomic E-state index is 12.2. The summed E-state index contributed by atoms with van der Waals surface area (Å²) in [4.78, 5) is 27.6. The molecule has 2 aromatic rings. The number of H-pyrrole nitrogens is 1. The van der Waals surface area contributed by atoms with E-state index in [1.165, 1.54) is 0 Å². The van der Waals surface area contributed by atoms with Gasteiger partial charge < -0.3 is 5.32 Å². The van der Waals surface area contributed by atoms with E-state index in [9.17, 15) is 9.59 Å². The van der Waals surface area contributed by atoms with E-state index in [1.54, 1.807) is 18.3 Å². The second-order valence-electron chi connectivity index (χ2n) is 5.31. The summed E-state index contributed by atoms with van der Waals surface area (Å²) in [6, 6.07) is 5.17. The van der Waals surface area contributed by atoms with Crippen LogP contribution >= 0.6 is 0 Å². The number of aromatic amines is 1. The second-order valence-corrected chi connectivity index (χ2v) is 5.31. The molecular formula is C15H16N4O2. The van der Waals surface area contributed by atoms with Gasteiger partial charge in [-0.2, -0.15) is 5.10 Å². The van der Waals surface area contributed by atoms with Gasteiger partial charge in [-0.25, -0.2) is 5.10 Å². The van der Waals surface area contributed by atoms with Crippen LogP contribution in [0.25, 0.3) is 0 Å². The minimum atomic E-state index is -0.205. The number of nitrogens with zero attached hydrogens (tertiary/aromatic N) is 2. The van der Waals surface area contributed by atoms with Crippen molar-refractivity contribution < 1.29 is 4.79 Å². The number of hydrogen-bond donors (Lipinski definition) is 2. The van der Waals surface area contributed by atoms with Gasteiger partial charge in [0.25, 0.3) is 11.5 Å². The summed E-state index contributed by atoms with van der Waals surface area (Å²) < 4.78 is 0. The van der Waals surface area contributed by atoms with Gasteiger partial charge >= 0.3 is 0 Å². The molecule has 2 N–H and O–H groups in total. The molecule has 21 heavy (non-hydrogen) atoms. The molecule has 108 valence electrons.